The number of nitrogens with zero attached hydrogens (tertiary/aromatic N) is 1. The highest BCUT2D eigenvalue weighted by molar-refractivity contribution is 6.12. The van der Waals surface area contributed by atoms with Crippen LogP contribution in [0.2, 0.25) is 0 Å². The molecule has 10 aromatic rings. The van der Waals surface area contributed by atoms with E-state index in [9.17, 15) is 0 Å². The summed E-state index contributed by atoms with van der Waals surface area (Å²) in [5, 5.41) is 6.88. The van der Waals surface area contributed by atoms with Crippen molar-refractivity contribution in [1.82, 2.24) is 0 Å². The highest BCUT2D eigenvalue weighted by Crippen LogP contribution is 2.44. The fourth-order valence-electron chi connectivity index (χ4n) is 7.34. The van der Waals surface area contributed by atoms with Crippen LogP contribution in [-0.4, -0.2) is 0 Å². The molecule has 0 amide bonds. The molecule has 0 atom stereocenters. The first-order valence-electron chi connectivity index (χ1n) is 16.6. The Morgan fingerprint density at radius 1 is 0.327 bits per heavy atom. The van der Waals surface area contributed by atoms with E-state index in [0.717, 1.165) is 83.2 Å². The molecule has 0 unspecified atom stereocenters. The van der Waals surface area contributed by atoms with E-state index in [1.807, 2.05) is 24.3 Å². The summed E-state index contributed by atoms with van der Waals surface area (Å²) < 4.78 is 12.9. The van der Waals surface area contributed by atoms with Crippen LogP contribution < -0.4 is 4.90 Å². The third-order valence-electron chi connectivity index (χ3n) is 9.69. The van der Waals surface area contributed by atoms with Crippen molar-refractivity contribution in [2.24, 2.45) is 0 Å². The van der Waals surface area contributed by atoms with Gasteiger partial charge in [0.05, 0.1) is 11.4 Å². The van der Waals surface area contributed by atoms with Crippen LogP contribution in [0, 0.1) is 0 Å². The quantitative estimate of drug-likeness (QED) is 0.190. The van der Waals surface area contributed by atoms with Gasteiger partial charge in [0, 0.05) is 38.2 Å². The summed E-state index contributed by atoms with van der Waals surface area (Å²) >= 11 is 0. The predicted octanol–water partition coefficient (Wildman–Crippen LogP) is 13.4. The molecule has 2 aromatic heterocycles. The second kappa shape index (κ2) is 11.0. The average molecular weight is 628 g/mol. The fourth-order valence-corrected chi connectivity index (χ4v) is 7.34. The molecule has 8 aromatic carbocycles. The normalized spacial score (nSPS) is 11.7. The number of rotatable bonds is 5. The lowest BCUT2D eigenvalue weighted by Gasteiger charge is -2.27. The van der Waals surface area contributed by atoms with Crippen molar-refractivity contribution < 1.29 is 8.83 Å². The molecule has 0 spiro atoms. The first-order valence-corrected chi connectivity index (χ1v) is 16.6. The van der Waals surface area contributed by atoms with E-state index in [-0.39, 0.29) is 0 Å². The summed E-state index contributed by atoms with van der Waals surface area (Å²) in [6, 6.07) is 62.0. The Morgan fingerprint density at radius 2 is 0.816 bits per heavy atom. The van der Waals surface area contributed by atoms with Gasteiger partial charge in [-0.2, -0.15) is 0 Å². The van der Waals surface area contributed by atoms with Crippen molar-refractivity contribution in [2.75, 3.05) is 4.90 Å². The highest BCUT2D eigenvalue weighted by atomic mass is 16.3. The van der Waals surface area contributed by atoms with Crippen LogP contribution in [0.5, 0.6) is 0 Å². The number of furan rings is 2. The Bertz CT molecular complexity index is 2820. The molecular weight excluding hydrogens is 599 g/mol. The van der Waals surface area contributed by atoms with Gasteiger partial charge in [-0.05, 0) is 58.5 Å². The van der Waals surface area contributed by atoms with Gasteiger partial charge in [-0.3, -0.25) is 0 Å². The Morgan fingerprint density at radius 3 is 1.55 bits per heavy atom. The molecule has 0 saturated carbocycles. The molecule has 0 radical (unpaired) electrons. The molecule has 230 valence electrons. The van der Waals surface area contributed by atoms with E-state index in [2.05, 4.69) is 157 Å². The number of fused-ring (bicyclic) bond motifs is 7. The average Bonchev–Trinajstić information content (AvgIpc) is 3.75. The number of hydrogen-bond donors (Lipinski definition) is 0. The zero-order valence-electron chi connectivity index (χ0n) is 26.5. The molecule has 0 saturated heterocycles. The van der Waals surface area contributed by atoms with Gasteiger partial charge in [-0.1, -0.05) is 140 Å². The van der Waals surface area contributed by atoms with Gasteiger partial charge >= 0.3 is 0 Å². The number of para-hydroxylation sites is 4. The molecule has 0 N–H and O–H groups in total. The molecule has 2 heterocycles. The molecule has 10 rings (SSSR count). The Kier molecular flexibility index (Phi) is 6.18. The molecule has 0 bridgehead atoms. The lowest BCUT2D eigenvalue weighted by molar-refractivity contribution is 0.669. The summed E-state index contributed by atoms with van der Waals surface area (Å²) in [6.07, 6.45) is 0. The van der Waals surface area contributed by atoms with Crippen molar-refractivity contribution >= 4 is 71.7 Å². The summed E-state index contributed by atoms with van der Waals surface area (Å²) in [7, 11) is 0. The van der Waals surface area contributed by atoms with E-state index < -0.39 is 0 Å². The van der Waals surface area contributed by atoms with Crippen LogP contribution >= 0.6 is 0 Å². The first-order chi connectivity index (χ1) is 24.3. The molecule has 0 fully saturated rings. The monoisotopic (exact) mass is 627 g/mol. The van der Waals surface area contributed by atoms with E-state index in [0.29, 0.717) is 0 Å². The molecule has 0 aliphatic heterocycles. The molecule has 0 aliphatic rings. The molecule has 3 heteroatoms. The van der Waals surface area contributed by atoms with Gasteiger partial charge in [0.1, 0.15) is 16.7 Å². The Hall–Kier alpha value is -6.58. The smallest absolute Gasteiger partial charge is 0.159 e. The van der Waals surface area contributed by atoms with Gasteiger partial charge < -0.3 is 13.7 Å². The minimum atomic E-state index is 0.871. The van der Waals surface area contributed by atoms with Crippen molar-refractivity contribution in [3.63, 3.8) is 0 Å². The molecular formula is C46H29NO2. The molecule has 0 aliphatic carbocycles. The number of hydrogen-bond acceptors (Lipinski definition) is 3. The molecule has 49 heavy (non-hydrogen) atoms. The predicted molar refractivity (Wildman–Crippen MR) is 204 cm³/mol. The summed E-state index contributed by atoms with van der Waals surface area (Å²) in [5.41, 5.74) is 11.3. The van der Waals surface area contributed by atoms with Crippen molar-refractivity contribution in [1.29, 1.82) is 0 Å². The van der Waals surface area contributed by atoms with E-state index in [4.69, 9.17) is 8.83 Å². The standard InChI is InChI=1S/C46H29NO2/c1-2-12-35-32(10-1)11-7-18-41(35)47(42-19-9-17-40-38-14-4-6-21-44(38)49-46(40)42)34-28-26-31(27-29-34)30-22-24-33(25-23-30)36-15-8-16-39-37-13-3-5-20-43(37)48-45(36)39/h1-29H. The van der Waals surface area contributed by atoms with Crippen molar-refractivity contribution in [3.05, 3.63) is 176 Å². The van der Waals surface area contributed by atoms with E-state index in [1.54, 1.807) is 0 Å². The minimum absolute atomic E-state index is 0.871. The Balaban J connectivity index is 1.07. The van der Waals surface area contributed by atoms with Gasteiger partial charge in [-0.15, -0.1) is 0 Å². The van der Waals surface area contributed by atoms with Gasteiger partial charge in [0.15, 0.2) is 5.58 Å². The lowest BCUT2D eigenvalue weighted by Crippen LogP contribution is -2.10. The second-order valence-corrected chi connectivity index (χ2v) is 12.5. The number of anilines is 3. The van der Waals surface area contributed by atoms with Crippen LogP contribution in [0.4, 0.5) is 17.1 Å². The fraction of sp³-hybridized carbons (Fsp3) is 0. The lowest BCUT2D eigenvalue weighted by atomic mass is 9.98. The van der Waals surface area contributed by atoms with Crippen molar-refractivity contribution in [2.45, 2.75) is 0 Å². The minimum Gasteiger partial charge on any atom is -0.455 e. The maximum absolute atomic E-state index is 6.56. The van der Waals surface area contributed by atoms with E-state index >= 15 is 0 Å². The van der Waals surface area contributed by atoms with Gasteiger partial charge in [-0.25, -0.2) is 0 Å². The largest absolute Gasteiger partial charge is 0.455 e. The zero-order chi connectivity index (χ0) is 32.3. The van der Waals surface area contributed by atoms with Crippen LogP contribution in [0.15, 0.2) is 185 Å². The summed E-state index contributed by atoms with van der Waals surface area (Å²) in [4.78, 5) is 2.33. The van der Waals surface area contributed by atoms with E-state index in [1.165, 1.54) is 10.8 Å². The maximum atomic E-state index is 6.56. The second-order valence-electron chi connectivity index (χ2n) is 12.5. The SMILES string of the molecule is c1ccc2c(N(c3ccc(-c4ccc(-c5cccc6c5oc5ccccc56)cc4)cc3)c3cccc4c3oc3ccccc34)cccc2c1. The third kappa shape index (κ3) is 4.44. The van der Waals surface area contributed by atoms with Crippen LogP contribution in [0.3, 0.4) is 0 Å². The Labute approximate surface area is 282 Å². The molecule has 3 nitrogen and oxygen atoms in total. The highest BCUT2D eigenvalue weighted by Gasteiger charge is 2.21. The maximum Gasteiger partial charge on any atom is 0.159 e. The zero-order valence-corrected chi connectivity index (χ0v) is 26.5. The topological polar surface area (TPSA) is 29.5 Å². The van der Waals surface area contributed by atoms with Crippen LogP contribution in [0.1, 0.15) is 0 Å². The third-order valence-corrected chi connectivity index (χ3v) is 9.69. The summed E-state index contributed by atoms with van der Waals surface area (Å²) in [6.45, 7) is 0. The van der Waals surface area contributed by atoms with Crippen LogP contribution in [-0.2, 0) is 0 Å². The summed E-state index contributed by atoms with van der Waals surface area (Å²) in [5.74, 6) is 0. The van der Waals surface area contributed by atoms with Gasteiger partial charge in [0.25, 0.3) is 0 Å². The first kappa shape index (κ1) is 27.5. The van der Waals surface area contributed by atoms with Crippen molar-refractivity contribution in [3.8, 4) is 22.3 Å². The number of benzene rings is 8. The van der Waals surface area contributed by atoms with Gasteiger partial charge in [0.2, 0.25) is 0 Å². The van der Waals surface area contributed by atoms with Crippen LogP contribution in [0.25, 0.3) is 76.9 Å².